The van der Waals surface area contributed by atoms with Crippen molar-refractivity contribution in [2.24, 2.45) is 0 Å². The monoisotopic (exact) mass is 404 g/mol. The number of aryl methyl sites for hydroxylation is 1. The molecule has 0 atom stereocenters. The van der Waals surface area contributed by atoms with Crippen LogP contribution in [-0.4, -0.2) is 38.1 Å². The molecule has 0 saturated heterocycles. The van der Waals surface area contributed by atoms with Gasteiger partial charge in [-0.25, -0.2) is 18.2 Å². The van der Waals surface area contributed by atoms with Gasteiger partial charge in [-0.2, -0.15) is 0 Å². The number of methoxy groups -OCH3 is 1. The summed E-state index contributed by atoms with van der Waals surface area (Å²) < 4.78 is 29.7. The first-order valence-corrected chi connectivity index (χ1v) is 10.3. The molecule has 140 valence electrons. The van der Waals surface area contributed by atoms with Gasteiger partial charge >= 0.3 is 5.97 Å². The van der Waals surface area contributed by atoms with E-state index in [1.54, 1.807) is 30.5 Å². The van der Waals surface area contributed by atoms with Gasteiger partial charge in [0.2, 0.25) is 5.91 Å². The summed E-state index contributed by atoms with van der Waals surface area (Å²) in [6, 6.07) is 9.60. The van der Waals surface area contributed by atoms with Gasteiger partial charge in [0.05, 0.1) is 17.7 Å². The number of fused-ring (bicyclic) bond motifs is 1. The number of sulfone groups is 1. The lowest BCUT2D eigenvalue weighted by atomic mass is 10.2. The predicted octanol–water partition coefficient (Wildman–Crippen LogP) is 2.80. The molecule has 0 radical (unpaired) electrons. The van der Waals surface area contributed by atoms with Crippen molar-refractivity contribution in [3.05, 3.63) is 53.0 Å². The van der Waals surface area contributed by atoms with Crippen LogP contribution in [-0.2, 0) is 19.4 Å². The Labute approximate surface area is 159 Å². The van der Waals surface area contributed by atoms with Gasteiger partial charge in [-0.05, 0) is 31.2 Å². The van der Waals surface area contributed by atoms with E-state index >= 15 is 0 Å². The SMILES string of the molecule is COC(=O)c1sc2ncccc2c1NC(=O)CS(=O)(=O)c1ccc(C)cc1. The molecule has 0 bridgehead atoms. The van der Waals surface area contributed by atoms with Crippen LogP contribution >= 0.6 is 11.3 Å². The molecule has 3 aromatic rings. The lowest BCUT2D eigenvalue weighted by Gasteiger charge is -2.08. The summed E-state index contributed by atoms with van der Waals surface area (Å²) in [6.07, 6.45) is 1.56. The minimum Gasteiger partial charge on any atom is -0.465 e. The molecule has 27 heavy (non-hydrogen) atoms. The first-order valence-electron chi connectivity index (χ1n) is 7.87. The fourth-order valence-electron chi connectivity index (χ4n) is 2.47. The highest BCUT2D eigenvalue weighted by Gasteiger charge is 2.24. The molecule has 0 aliphatic carbocycles. The maximum Gasteiger partial charge on any atom is 0.350 e. The molecule has 1 aromatic carbocycles. The standard InChI is InChI=1S/C18H16N2O5S2/c1-11-5-7-12(8-6-11)27(23,24)10-14(21)20-15-13-4-3-9-19-17(13)26-16(15)18(22)25-2/h3-9H,10H2,1-2H3,(H,20,21). The quantitative estimate of drug-likeness (QED) is 0.656. The zero-order valence-electron chi connectivity index (χ0n) is 14.6. The van der Waals surface area contributed by atoms with Crippen LogP contribution in [0.5, 0.6) is 0 Å². The number of anilines is 1. The first kappa shape index (κ1) is 19.0. The van der Waals surface area contributed by atoms with Crippen LogP contribution in [0.25, 0.3) is 10.2 Å². The van der Waals surface area contributed by atoms with Crippen LogP contribution < -0.4 is 5.32 Å². The highest BCUT2D eigenvalue weighted by molar-refractivity contribution is 7.92. The number of benzene rings is 1. The lowest BCUT2D eigenvalue weighted by Crippen LogP contribution is -2.23. The number of hydrogen-bond acceptors (Lipinski definition) is 7. The Kier molecular flexibility index (Phi) is 5.24. The number of pyridine rings is 1. The number of rotatable bonds is 5. The second-order valence-electron chi connectivity index (χ2n) is 5.77. The third-order valence-corrected chi connectivity index (χ3v) is 6.53. The molecule has 7 nitrogen and oxygen atoms in total. The zero-order chi connectivity index (χ0) is 19.6. The Morgan fingerprint density at radius 1 is 1.19 bits per heavy atom. The summed E-state index contributed by atoms with van der Waals surface area (Å²) in [5.41, 5.74) is 1.12. The molecule has 0 saturated carbocycles. The van der Waals surface area contributed by atoms with Crippen molar-refractivity contribution in [1.29, 1.82) is 0 Å². The van der Waals surface area contributed by atoms with Crippen molar-refractivity contribution in [1.82, 2.24) is 4.98 Å². The molecule has 2 heterocycles. The van der Waals surface area contributed by atoms with Gasteiger partial charge in [0.1, 0.15) is 15.5 Å². The van der Waals surface area contributed by atoms with E-state index in [-0.39, 0.29) is 15.5 Å². The van der Waals surface area contributed by atoms with Gasteiger partial charge in [0, 0.05) is 11.6 Å². The molecular weight excluding hydrogens is 388 g/mol. The van der Waals surface area contributed by atoms with E-state index in [0.29, 0.717) is 10.2 Å². The minimum atomic E-state index is -3.81. The summed E-state index contributed by atoms with van der Waals surface area (Å²) in [6.45, 7) is 1.84. The van der Waals surface area contributed by atoms with E-state index in [0.717, 1.165) is 16.9 Å². The topological polar surface area (TPSA) is 102 Å². The van der Waals surface area contributed by atoms with Gasteiger partial charge in [-0.3, -0.25) is 4.79 Å². The Morgan fingerprint density at radius 2 is 1.89 bits per heavy atom. The minimum absolute atomic E-state index is 0.0632. The van der Waals surface area contributed by atoms with E-state index in [1.165, 1.54) is 19.2 Å². The number of carbonyl (C=O) groups is 2. The number of esters is 1. The van der Waals surface area contributed by atoms with Gasteiger partial charge in [-0.15, -0.1) is 11.3 Å². The van der Waals surface area contributed by atoms with Gasteiger partial charge in [0.25, 0.3) is 0 Å². The largest absolute Gasteiger partial charge is 0.465 e. The van der Waals surface area contributed by atoms with Gasteiger partial charge < -0.3 is 10.1 Å². The van der Waals surface area contributed by atoms with Gasteiger partial charge in [-0.1, -0.05) is 17.7 Å². The summed E-state index contributed by atoms with van der Waals surface area (Å²) in [5.74, 6) is -2.12. The van der Waals surface area contributed by atoms with E-state index in [9.17, 15) is 18.0 Å². The van der Waals surface area contributed by atoms with E-state index < -0.39 is 27.5 Å². The van der Waals surface area contributed by atoms with Crippen LogP contribution in [0.3, 0.4) is 0 Å². The number of thiophene rings is 1. The number of hydrogen-bond donors (Lipinski definition) is 1. The Bertz CT molecular complexity index is 1120. The van der Waals surface area contributed by atoms with Crippen LogP contribution in [0.4, 0.5) is 5.69 Å². The summed E-state index contributed by atoms with van der Waals surface area (Å²) in [7, 11) is -2.58. The molecule has 0 spiro atoms. The molecule has 1 amide bonds. The van der Waals surface area contributed by atoms with Crippen molar-refractivity contribution in [2.45, 2.75) is 11.8 Å². The van der Waals surface area contributed by atoms with Crippen molar-refractivity contribution >= 4 is 49.0 Å². The third-order valence-electron chi connectivity index (χ3n) is 3.80. The Morgan fingerprint density at radius 3 is 2.56 bits per heavy atom. The van der Waals surface area contributed by atoms with Crippen molar-refractivity contribution in [2.75, 3.05) is 18.2 Å². The second-order valence-corrected chi connectivity index (χ2v) is 8.76. The fourth-order valence-corrected chi connectivity index (χ4v) is 4.62. The van der Waals surface area contributed by atoms with Crippen molar-refractivity contribution in [3.63, 3.8) is 0 Å². The molecule has 0 aliphatic rings. The molecule has 2 aromatic heterocycles. The van der Waals surface area contributed by atoms with Crippen LogP contribution in [0.2, 0.25) is 0 Å². The van der Waals surface area contributed by atoms with Crippen LogP contribution in [0.1, 0.15) is 15.2 Å². The molecule has 9 heteroatoms. The number of ether oxygens (including phenoxy) is 1. The number of carbonyl (C=O) groups excluding carboxylic acids is 2. The van der Waals surface area contributed by atoms with Gasteiger partial charge in [0.15, 0.2) is 9.84 Å². The second kappa shape index (κ2) is 7.45. The first-order chi connectivity index (χ1) is 12.8. The number of nitrogens with zero attached hydrogens (tertiary/aromatic N) is 1. The molecule has 0 unspecified atom stereocenters. The van der Waals surface area contributed by atoms with E-state index in [2.05, 4.69) is 10.3 Å². The fraction of sp³-hybridized carbons (Fsp3) is 0.167. The van der Waals surface area contributed by atoms with E-state index in [4.69, 9.17) is 4.74 Å². The highest BCUT2D eigenvalue weighted by atomic mass is 32.2. The Balaban J connectivity index is 1.90. The number of nitrogens with one attached hydrogen (secondary N) is 1. The summed E-state index contributed by atoms with van der Waals surface area (Å²) >= 11 is 1.06. The summed E-state index contributed by atoms with van der Waals surface area (Å²) in [5, 5.41) is 3.08. The van der Waals surface area contributed by atoms with Crippen molar-refractivity contribution < 1.29 is 22.7 Å². The van der Waals surface area contributed by atoms with Crippen LogP contribution in [0.15, 0.2) is 47.5 Å². The van der Waals surface area contributed by atoms with Crippen molar-refractivity contribution in [3.8, 4) is 0 Å². The maximum absolute atomic E-state index is 12.5. The Hall–Kier alpha value is -2.78. The smallest absolute Gasteiger partial charge is 0.350 e. The third kappa shape index (κ3) is 3.99. The average Bonchev–Trinajstić information content (AvgIpc) is 2.99. The molecule has 0 fully saturated rings. The highest BCUT2D eigenvalue weighted by Crippen LogP contribution is 2.35. The molecule has 0 aliphatic heterocycles. The summed E-state index contributed by atoms with van der Waals surface area (Å²) in [4.78, 5) is 29.3. The van der Waals surface area contributed by atoms with Crippen LogP contribution in [0, 0.1) is 6.92 Å². The molecule has 1 N–H and O–H groups in total. The molecular formula is C18H16N2O5S2. The normalized spacial score (nSPS) is 11.3. The predicted molar refractivity (Wildman–Crippen MR) is 103 cm³/mol. The number of aromatic nitrogens is 1. The number of amides is 1. The van der Waals surface area contributed by atoms with E-state index in [1.807, 2.05) is 6.92 Å². The molecule has 3 rings (SSSR count). The average molecular weight is 404 g/mol. The zero-order valence-corrected chi connectivity index (χ0v) is 16.2. The maximum atomic E-state index is 12.5. The lowest BCUT2D eigenvalue weighted by molar-refractivity contribution is -0.113.